The zero-order chi connectivity index (χ0) is 25.5. The van der Waals surface area contributed by atoms with E-state index in [-0.39, 0.29) is 11.5 Å². The average molecular weight is 515 g/mol. The van der Waals surface area contributed by atoms with Crippen molar-refractivity contribution in [1.82, 2.24) is 14.3 Å². The van der Waals surface area contributed by atoms with Gasteiger partial charge in [0.15, 0.2) is 0 Å². The molecule has 3 heterocycles. The summed E-state index contributed by atoms with van der Waals surface area (Å²) in [5.41, 5.74) is 1.88. The lowest BCUT2D eigenvalue weighted by Gasteiger charge is -2.24. The molecule has 1 amide bonds. The molecule has 0 aromatic carbocycles. The van der Waals surface area contributed by atoms with E-state index in [0.29, 0.717) is 38.7 Å². The second-order valence-corrected chi connectivity index (χ2v) is 11.0. The van der Waals surface area contributed by atoms with Gasteiger partial charge in [-0.05, 0) is 49.8 Å². The second kappa shape index (κ2) is 12.7. The van der Waals surface area contributed by atoms with Crippen LogP contribution in [-0.2, 0) is 4.79 Å². The van der Waals surface area contributed by atoms with E-state index >= 15 is 0 Å². The molecule has 0 saturated carbocycles. The van der Waals surface area contributed by atoms with Gasteiger partial charge in [-0.15, -0.1) is 0 Å². The minimum absolute atomic E-state index is 0.104. The Bertz CT molecular complexity index is 1150. The first-order valence-electron chi connectivity index (χ1n) is 12.9. The van der Waals surface area contributed by atoms with Crippen molar-refractivity contribution < 1.29 is 4.79 Å². The largest absolute Gasteiger partial charge is 0.356 e. The van der Waals surface area contributed by atoms with Gasteiger partial charge in [-0.1, -0.05) is 77.0 Å². The number of carbonyl (C=O) groups excluding carboxylic acids is 1. The van der Waals surface area contributed by atoms with E-state index in [9.17, 15) is 9.59 Å². The van der Waals surface area contributed by atoms with Gasteiger partial charge in [-0.3, -0.25) is 18.9 Å². The van der Waals surface area contributed by atoms with Crippen molar-refractivity contribution >= 4 is 51.7 Å². The fraction of sp³-hybridized carbons (Fsp3) is 0.556. The number of thioether (sulfide) groups is 1. The van der Waals surface area contributed by atoms with Crippen LogP contribution in [0.1, 0.15) is 77.3 Å². The number of aromatic nitrogens is 2. The molecule has 3 rings (SSSR count). The molecule has 1 aliphatic rings. The summed E-state index contributed by atoms with van der Waals surface area (Å²) in [4.78, 5) is 36.4. The van der Waals surface area contributed by atoms with Crippen molar-refractivity contribution in [1.29, 1.82) is 0 Å². The van der Waals surface area contributed by atoms with Crippen molar-refractivity contribution in [2.24, 2.45) is 5.92 Å². The molecule has 2 aromatic rings. The summed E-state index contributed by atoms with van der Waals surface area (Å²) in [6.45, 7) is 12.8. The number of anilines is 1. The molecule has 0 aliphatic carbocycles. The molecular formula is C27H38N4O2S2. The van der Waals surface area contributed by atoms with Crippen LogP contribution in [0.4, 0.5) is 5.82 Å². The zero-order valence-electron chi connectivity index (χ0n) is 21.7. The van der Waals surface area contributed by atoms with Gasteiger partial charge >= 0.3 is 0 Å². The lowest BCUT2D eigenvalue weighted by atomic mass is 9.99. The summed E-state index contributed by atoms with van der Waals surface area (Å²) in [7, 11) is 0. The minimum Gasteiger partial charge on any atom is -0.356 e. The lowest BCUT2D eigenvalue weighted by molar-refractivity contribution is -0.122. The summed E-state index contributed by atoms with van der Waals surface area (Å²) in [5.74, 6) is 0.960. The van der Waals surface area contributed by atoms with E-state index in [2.05, 4.69) is 32.6 Å². The molecule has 2 aromatic heterocycles. The van der Waals surface area contributed by atoms with Crippen LogP contribution < -0.4 is 10.5 Å². The van der Waals surface area contributed by atoms with Crippen LogP contribution in [0.5, 0.6) is 0 Å². The van der Waals surface area contributed by atoms with E-state index in [1.54, 1.807) is 21.6 Å². The van der Waals surface area contributed by atoms with E-state index in [0.717, 1.165) is 57.2 Å². The quantitative estimate of drug-likeness (QED) is 0.254. The Labute approximate surface area is 218 Å². The third kappa shape index (κ3) is 6.33. The summed E-state index contributed by atoms with van der Waals surface area (Å²) in [5, 5.41) is 0. The maximum Gasteiger partial charge on any atom is 0.267 e. The fourth-order valence-corrected chi connectivity index (χ4v) is 5.70. The van der Waals surface area contributed by atoms with Crippen LogP contribution in [0.25, 0.3) is 11.7 Å². The number of nitrogens with zero attached hydrogens (tertiary/aromatic N) is 4. The first-order chi connectivity index (χ1) is 16.8. The van der Waals surface area contributed by atoms with E-state index in [4.69, 9.17) is 17.2 Å². The van der Waals surface area contributed by atoms with Crippen LogP contribution in [0.15, 0.2) is 28.0 Å². The Balaban J connectivity index is 2.07. The topological polar surface area (TPSA) is 57.9 Å². The Morgan fingerprint density at radius 3 is 2.46 bits per heavy atom. The Morgan fingerprint density at radius 1 is 1.11 bits per heavy atom. The summed E-state index contributed by atoms with van der Waals surface area (Å²) < 4.78 is 2.15. The molecular weight excluding hydrogens is 476 g/mol. The number of fused-ring (bicyclic) bond motifs is 1. The van der Waals surface area contributed by atoms with E-state index in [1.807, 2.05) is 19.1 Å². The molecule has 6 nitrogen and oxygen atoms in total. The van der Waals surface area contributed by atoms with Crippen molar-refractivity contribution in [3.63, 3.8) is 0 Å². The third-order valence-corrected chi connectivity index (χ3v) is 7.78. The van der Waals surface area contributed by atoms with Crippen LogP contribution in [0, 0.1) is 12.8 Å². The van der Waals surface area contributed by atoms with Gasteiger partial charge in [-0.25, -0.2) is 4.98 Å². The normalized spacial score (nSPS) is 16.0. The first kappa shape index (κ1) is 27.4. The minimum atomic E-state index is -0.162. The average Bonchev–Trinajstić information content (AvgIpc) is 3.10. The maximum atomic E-state index is 13.7. The smallest absolute Gasteiger partial charge is 0.267 e. The van der Waals surface area contributed by atoms with Gasteiger partial charge in [-0.2, -0.15) is 0 Å². The maximum absolute atomic E-state index is 13.7. The van der Waals surface area contributed by atoms with Crippen molar-refractivity contribution in [2.75, 3.05) is 24.5 Å². The summed E-state index contributed by atoms with van der Waals surface area (Å²) >= 11 is 6.89. The highest BCUT2D eigenvalue weighted by molar-refractivity contribution is 8.26. The predicted octanol–water partition coefficient (Wildman–Crippen LogP) is 6.05. The van der Waals surface area contributed by atoms with Gasteiger partial charge in [0, 0.05) is 25.8 Å². The molecule has 0 spiro atoms. The molecule has 0 N–H and O–H groups in total. The predicted molar refractivity (Wildman–Crippen MR) is 152 cm³/mol. The molecule has 8 heteroatoms. The van der Waals surface area contributed by atoms with Crippen LogP contribution in [0.3, 0.4) is 0 Å². The number of thiocarbonyl (C=S) groups is 1. The fourth-order valence-electron chi connectivity index (χ4n) is 4.44. The lowest BCUT2D eigenvalue weighted by Crippen LogP contribution is -2.33. The molecule has 1 unspecified atom stereocenters. The van der Waals surface area contributed by atoms with Crippen LogP contribution >= 0.6 is 24.0 Å². The van der Waals surface area contributed by atoms with Gasteiger partial charge in [0.2, 0.25) is 0 Å². The number of hydrogen-bond donors (Lipinski definition) is 0. The Kier molecular flexibility index (Phi) is 9.92. The van der Waals surface area contributed by atoms with Gasteiger partial charge in [0.25, 0.3) is 11.5 Å². The standard InChI is InChI=1S/C27H38N4O2S2/c1-6-10-11-20(9-4)18-31-26(33)22(35-27(31)34)16-21-24(29(14-7-2)15-8-3)28-23-13-12-19(5)17-30(23)25(21)32/h12-13,16-17,20H,6-11,14-15,18H2,1-5H3/b22-16-. The number of unbranched alkanes of at least 4 members (excludes halogenated alkanes) is 1. The van der Waals surface area contributed by atoms with Gasteiger partial charge in [0.05, 0.1) is 10.5 Å². The number of carbonyl (C=O) groups is 1. The van der Waals surface area contributed by atoms with E-state index in [1.165, 1.54) is 11.8 Å². The zero-order valence-corrected chi connectivity index (χ0v) is 23.3. The molecule has 0 bridgehead atoms. The second-order valence-electron chi connectivity index (χ2n) is 9.28. The van der Waals surface area contributed by atoms with Crippen molar-refractivity contribution in [2.45, 2.75) is 73.1 Å². The van der Waals surface area contributed by atoms with Gasteiger partial charge in [0.1, 0.15) is 15.8 Å². The number of rotatable bonds is 12. The molecule has 1 saturated heterocycles. The number of aryl methyl sites for hydroxylation is 1. The van der Waals surface area contributed by atoms with Crippen molar-refractivity contribution in [3.8, 4) is 0 Å². The van der Waals surface area contributed by atoms with Crippen LogP contribution in [0.2, 0.25) is 0 Å². The Morgan fingerprint density at radius 2 is 1.83 bits per heavy atom. The third-order valence-electron chi connectivity index (χ3n) is 6.41. The van der Waals surface area contributed by atoms with Gasteiger partial charge < -0.3 is 4.90 Å². The summed E-state index contributed by atoms with van der Waals surface area (Å²) in [6.07, 6.45) is 9.80. The first-order valence-corrected chi connectivity index (χ1v) is 14.1. The Hall–Kier alpha value is -2.19. The van der Waals surface area contributed by atoms with Crippen LogP contribution in [-0.4, -0.2) is 44.1 Å². The van der Waals surface area contributed by atoms with E-state index < -0.39 is 0 Å². The molecule has 0 radical (unpaired) electrons. The molecule has 1 aliphatic heterocycles. The molecule has 35 heavy (non-hydrogen) atoms. The molecule has 1 fully saturated rings. The SMILES string of the molecule is CCCCC(CC)CN1C(=O)/C(=C/c2c(N(CCC)CCC)nc3ccc(C)cn3c2=O)SC1=S. The molecule has 190 valence electrons. The number of pyridine rings is 1. The number of hydrogen-bond acceptors (Lipinski definition) is 6. The highest BCUT2D eigenvalue weighted by Gasteiger charge is 2.34. The van der Waals surface area contributed by atoms with Crippen molar-refractivity contribution in [3.05, 3.63) is 44.7 Å². The summed E-state index contributed by atoms with van der Waals surface area (Å²) in [6, 6.07) is 3.84. The highest BCUT2D eigenvalue weighted by Crippen LogP contribution is 2.34. The monoisotopic (exact) mass is 514 g/mol. The molecule has 1 atom stereocenters. The highest BCUT2D eigenvalue weighted by atomic mass is 32.2. The number of amides is 1.